The van der Waals surface area contributed by atoms with Crippen molar-refractivity contribution in [2.24, 2.45) is 0 Å². The number of carbonyl (C=O) groups excluding carboxylic acids is 1. The lowest BCUT2D eigenvalue weighted by Gasteiger charge is -2.05. The number of anilines is 1. The van der Waals surface area contributed by atoms with Crippen LogP contribution in [-0.4, -0.2) is 22.0 Å². The van der Waals surface area contributed by atoms with Crippen LogP contribution in [-0.2, 0) is 0 Å². The molecule has 2 N–H and O–H groups in total. The van der Waals surface area contributed by atoms with Crippen molar-refractivity contribution in [3.05, 3.63) is 46.4 Å². The number of aromatic nitrogens is 1. The van der Waals surface area contributed by atoms with Crippen LogP contribution in [0.15, 0.2) is 35.8 Å². The highest BCUT2D eigenvalue weighted by atomic mass is 32.1. The van der Waals surface area contributed by atoms with E-state index in [0.29, 0.717) is 4.88 Å². The Kier molecular flexibility index (Phi) is 3.15. The molecule has 86 valence electrons. The van der Waals surface area contributed by atoms with Crippen LogP contribution in [0.4, 0.5) is 5.69 Å². The zero-order valence-electron chi connectivity index (χ0n) is 8.58. The van der Waals surface area contributed by atoms with E-state index >= 15 is 0 Å². The van der Waals surface area contributed by atoms with Gasteiger partial charge in [-0.2, -0.15) is 0 Å². The predicted molar refractivity (Wildman–Crippen MR) is 63.5 cm³/mol. The second kappa shape index (κ2) is 4.75. The maximum Gasteiger partial charge on any atom is 0.356 e. The molecule has 0 bridgehead atoms. The quantitative estimate of drug-likeness (QED) is 0.871. The molecule has 1 amide bonds. The third-order valence-corrected chi connectivity index (χ3v) is 2.87. The minimum Gasteiger partial charge on any atom is -0.476 e. The van der Waals surface area contributed by atoms with Crippen LogP contribution in [0, 0.1) is 0 Å². The summed E-state index contributed by atoms with van der Waals surface area (Å²) in [5, 5.41) is 13.2. The number of carbonyl (C=O) groups is 2. The summed E-state index contributed by atoms with van der Waals surface area (Å²) in [6.07, 6.45) is 1.37. The molecule has 2 aromatic rings. The number of hydrogen-bond acceptors (Lipinski definition) is 4. The van der Waals surface area contributed by atoms with E-state index in [1.54, 1.807) is 23.6 Å². The maximum atomic E-state index is 11.7. The molecule has 0 atom stereocenters. The third-order valence-electron chi connectivity index (χ3n) is 2.00. The summed E-state index contributed by atoms with van der Waals surface area (Å²) in [5.41, 5.74) is 0.0239. The van der Waals surface area contributed by atoms with Gasteiger partial charge in [0, 0.05) is 6.20 Å². The van der Waals surface area contributed by atoms with Crippen LogP contribution in [0.3, 0.4) is 0 Å². The highest BCUT2D eigenvalue weighted by Crippen LogP contribution is 2.15. The number of nitrogens with zero attached hydrogens (tertiary/aromatic N) is 1. The summed E-state index contributed by atoms with van der Waals surface area (Å²) >= 11 is 1.28. The second-order valence-corrected chi connectivity index (χ2v) is 4.08. The molecule has 5 nitrogen and oxygen atoms in total. The van der Waals surface area contributed by atoms with Crippen molar-refractivity contribution in [2.75, 3.05) is 5.32 Å². The molecule has 2 heterocycles. The molecule has 0 fully saturated rings. The zero-order chi connectivity index (χ0) is 12.3. The Bertz CT molecular complexity index is 552. The summed E-state index contributed by atoms with van der Waals surface area (Å²) in [6.45, 7) is 0. The fourth-order valence-corrected chi connectivity index (χ4v) is 1.89. The fraction of sp³-hybridized carbons (Fsp3) is 0. The van der Waals surface area contributed by atoms with Crippen molar-refractivity contribution in [2.45, 2.75) is 0 Å². The number of thiophene rings is 1. The van der Waals surface area contributed by atoms with Gasteiger partial charge in [-0.1, -0.05) is 6.07 Å². The Morgan fingerprint density at radius 3 is 2.76 bits per heavy atom. The summed E-state index contributed by atoms with van der Waals surface area (Å²) in [6, 6.07) is 6.48. The Balaban J connectivity index is 2.25. The Labute approximate surface area is 101 Å². The molecule has 0 aliphatic heterocycles. The van der Waals surface area contributed by atoms with Gasteiger partial charge in [0.25, 0.3) is 5.91 Å². The van der Waals surface area contributed by atoms with E-state index in [1.807, 2.05) is 0 Å². The number of amides is 1. The van der Waals surface area contributed by atoms with E-state index in [-0.39, 0.29) is 17.3 Å². The molecule has 0 saturated carbocycles. The zero-order valence-corrected chi connectivity index (χ0v) is 9.40. The molecule has 0 aliphatic rings. The average molecular weight is 248 g/mol. The largest absolute Gasteiger partial charge is 0.476 e. The number of nitrogens with one attached hydrogen (secondary N) is 1. The number of pyridine rings is 1. The highest BCUT2D eigenvalue weighted by Gasteiger charge is 2.14. The van der Waals surface area contributed by atoms with E-state index in [2.05, 4.69) is 10.3 Å². The van der Waals surface area contributed by atoms with Crippen LogP contribution >= 0.6 is 11.3 Å². The molecule has 17 heavy (non-hydrogen) atoms. The van der Waals surface area contributed by atoms with Crippen LogP contribution in [0.5, 0.6) is 0 Å². The smallest absolute Gasteiger partial charge is 0.356 e. The molecule has 6 heteroatoms. The van der Waals surface area contributed by atoms with Gasteiger partial charge >= 0.3 is 5.97 Å². The van der Waals surface area contributed by atoms with E-state index < -0.39 is 5.97 Å². The lowest BCUT2D eigenvalue weighted by Crippen LogP contribution is -2.14. The van der Waals surface area contributed by atoms with Gasteiger partial charge in [0.1, 0.15) is 0 Å². The van der Waals surface area contributed by atoms with Gasteiger partial charge in [-0.05, 0) is 23.6 Å². The van der Waals surface area contributed by atoms with Crippen LogP contribution in [0.1, 0.15) is 20.2 Å². The highest BCUT2D eigenvalue weighted by molar-refractivity contribution is 7.12. The first-order chi connectivity index (χ1) is 8.18. The normalized spacial score (nSPS) is 9.88. The minimum absolute atomic E-state index is 0.169. The maximum absolute atomic E-state index is 11.7. The first-order valence-corrected chi connectivity index (χ1v) is 5.59. The molecule has 0 radical (unpaired) electrons. The Morgan fingerprint density at radius 1 is 1.29 bits per heavy atom. The van der Waals surface area contributed by atoms with Gasteiger partial charge < -0.3 is 10.4 Å². The third kappa shape index (κ3) is 2.48. The molecule has 0 aromatic carbocycles. The molecule has 0 unspecified atom stereocenters. The van der Waals surface area contributed by atoms with Gasteiger partial charge in [0.15, 0.2) is 5.69 Å². The molecule has 0 spiro atoms. The Hall–Kier alpha value is -2.21. The molecular weight excluding hydrogens is 240 g/mol. The summed E-state index contributed by atoms with van der Waals surface area (Å²) in [4.78, 5) is 26.8. The lowest BCUT2D eigenvalue weighted by atomic mass is 10.3. The van der Waals surface area contributed by atoms with Crippen molar-refractivity contribution in [1.82, 2.24) is 4.98 Å². The molecule has 0 aliphatic carbocycles. The summed E-state index contributed by atoms with van der Waals surface area (Å²) < 4.78 is 0. The van der Waals surface area contributed by atoms with E-state index in [0.717, 1.165) is 0 Å². The van der Waals surface area contributed by atoms with Gasteiger partial charge in [-0.3, -0.25) is 4.79 Å². The van der Waals surface area contributed by atoms with Crippen molar-refractivity contribution >= 4 is 28.9 Å². The van der Waals surface area contributed by atoms with Gasteiger partial charge in [0.2, 0.25) is 0 Å². The second-order valence-electron chi connectivity index (χ2n) is 3.14. The van der Waals surface area contributed by atoms with Crippen molar-refractivity contribution in [3.63, 3.8) is 0 Å². The number of carboxylic acid groups (broad SMARTS) is 1. The Morgan fingerprint density at radius 2 is 2.12 bits per heavy atom. The van der Waals surface area contributed by atoms with E-state index in [4.69, 9.17) is 5.11 Å². The number of hydrogen-bond donors (Lipinski definition) is 2. The van der Waals surface area contributed by atoms with Crippen molar-refractivity contribution in [1.29, 1.82) is 0 Å². The van der Waals surface area contributed by atoms with Crippen molar-refractivity contribution < 1.29 is 14.7 Å². The topological polar surface area (TPSA) is 79.3 Å². The molecule has 2 rings (SSSR count). The van der Waals surface area contributed by atoms with Crippen LogP contribution in [0.25, 0.3) is 0 Å². The number of rotatable bonds is 3. The first kappa shape index (κ1) is 11.3. The minimum atomic E-state index is -1.17. The average Bonchev–Trinajstić information content (AvgIpc) is 2.83. The predicted octanol–water partition coefficient (Wildman–Crippen LogP) is 2.09. The lowest BCUT2D eigenvalue weighted by molar-refractivity contribution is 0.0692. The van der Waals surface area contributed by atoms with Gasteiger partial charge in [0.05, 0.1) is 10.6 Å². The number of carboxylic acids is 1. The van der Waals surface area contributed by atoms with E-state index in [1.165, 1.54) is 23.6 Å². The van der Waals surface area contributed by atoms with Gasteiger partial charge in [-0.25, -0.2) is 9.78 Å². The van der Waals surface area contributed by atoms with Gasteiger partial charge in [-0.15, -0.1) is 11.3 Å². The van der Waals surface area contributed by atoms with E-state index in [9.17, 15) is 9.59 Å². The molecule has 2 aromatic heterocycles. The SMILES string of the molecule is O=C(Nc1cccnc1C(=O)O)c1cccs1. The monoisotopic (exact) mass is 248 g/mol. The first-order valence-electron chi connectivity index (χ1n) is 4.71. The fourth-order valence-electron chi connectivity index (χ4n) is 1.27. The standard InChI is InChI=1S/C11H8N2O3S/c14-10(8-4-2-6-17-8)13-7-3-1-5-12-9(7)11(15)16/h1-6H,(H,13,14)(H,15,16). The summed E-state index contributed by atoms with van der Waals surface area (Å²) in [5.74, 6) is -1.51. The van der Waals surface area contributed by atoms with Crippen molar-refractivity contribution in [3.8, 4) is 0 Å². The molecule has 0 saturated heterocycles. The molecular formula is C11H8N2O3S. The van der Waals surface area contributed by atoms with Crippen LogP contribution < -0.4 is 5.32 Å². The summed E-state index contributed by atoms with van der Waals surface area (Å²) in [7, 11) is 0. The number of aromatic carboxylic acids is 1. The van der Waals surface area contributed by atoms with Crippen LogP contribution in [0.2, 0.25) is 0 Å².